The molecule has 18 heavy (non-hydrogen) atoms. The van der Waals surface area contributed by atoms with Crippen molar-refractivity contribution in [3.05, 3.63) is 29.3 Å². The molecule has 2 aliphatic heterocycles. The molecule has 0 aromatic heterocycles. The molecule has 3 N–H and O–H groups in total. The number of amides is 1. The smallest absolute Gasteiger partial charge is 0.225 e. The fourth-order valence-corrected chi connectivity index (χ4v) is 3.14. The molecular weight excluding hydrogens is 228 g/mol. The topological polar surface area (TPSA) is 64.4 Å². The molecule has 4 nitrogen and oxygen atoms in total. The SMILES string of the molecule is NC(=O)C(c1cccc2c1CCO2)C1CCNC1. The summed E-state index contributed by atoms with van der Waals surface area (Å²) in [6.45, 7) is 2.55. The minimum Gasteiger partial charge on any atom is -0.493 e. The Labute approximate surface area is 107 Å². The molecule has 96 valence electrons. The van der Waals surface area contributed by atoms with Gasteiger partial charge in [0.05, 0.1) is 12.5 Å². The predicted octanol–water partition coefficient (Wildman–Crippen LogP) is 0.800. The van der Waals surface area contributed by atoms with Crippen LogP contribution in [0, 0.1) is 5.92 Å². The third-order valence-corrected chi connectivity index (χ3v) is 3.99. The first-order valence-electron chi connectivity index (χ1n) is 6.52. The van der Waals surface area contributed by atoms with Crippen LogP contribution in [0.3, 0.4) is 0 Å². The summed E-state index contributed by atoms with van der Waals surface area (Å²) >= 11 is 0. The van der Waals surface area contributed by atoms with E-state index in [1.54, 1.807) is 0 Å². The van der Waals surface area contributed by atoms with E-state index in [9.17, 15) is 4.79 Å². The number of rotatable bonds is 3. The van der Waals surface area contributed by atoms with Crippen LogP contribution in [0.15, 0.2) is 18.2 Å². The highest BCUT2D eigenvalue weighted by molar-refractivity contribution is 5.83. The first-order valence-corrected chi connectivity index (χ1v) is 6.52. The summed E-state index contributed by atoms with van der Waals surface area (Å²) in [5, 5.41) is 3.31. The Morgan fingerprint density at radius 2 is 2.39 bits per heavy atom. The van der Waals surface area contributed by atoms with Crippen molar-refractivity contribution >= 4 is 5.91 Å². The van der Waals surface area contributed by atoms with Crippen LogP contribution < -0.4 is 15.8 Å². The van der Waals surface area contributed by atoms with Crippen LogP contribution in [-0.2, 0) is 11.2 Å². The van der Waals surface area contributed by atoms with Gasteiger partial charge in [-0.25, -0.2) is 0 Å². The number of benzene rings is 1. The lowest BCUT2D eigenvalue weighted by molar-refractivity contribution is -0.120. The number of carbonyl (C=O) groups is 1. The Hall–Kier alpha value is -1.55. The second kappa shape index (κ2) is 4.61. The van der Waals surface area contributed by atoms with Crippen molar-refractivity contribution in [2.45, 2.75) is 18.8 Å². The Bertz CT molecular complexity index is 467. The molecular formula is C14H18N2O2. The molecule has 0 bridgehead atoms. The summed E-state index contributed by atoms with van der Waals surface area (Å²) < 4.78 is 5.56. The van der Waals surface area contributed by atoms with E-state index in [2.05, 4.69) is 5.32 Å². The van der Waals surface area contributed by atoms with E-state index >= 15 is 0 Å². The van der Waals surface area contributed by atoms with Crippen LogP contribution in [-0.4, -0.2) is 25.6 Å². The molecule has 4 heteroatoms. The van der Waals surface area contributed by atoms with Crippen LogP contribution in [0.2, 0.25) is 0 Å². The van der Waals surface area contributed by atoms with Gasteiger partial charge in [0.15, 0.2) is 0 Å². The summed E-state index contributed by atoms with van der Waals surface area (Å²) in [4.78, 5) is 11.8. The van der Waals surface area contributed by atoms with E-state index in [-0.39, 0.29) is 11.8 Å². The fraction of sp³-hybridized carbons (Fsp3) is 0.500. The van der Waals surface area contributed by atoms with Crippen molar-refractivity contribution in [1.29, 1.82) is 0 Å². The number of carbonyl (C=O) groups excluding carboxylic acids is 1. The van der Waals surface area contributed by atoms with E-state index in [1.807, 2.05) is 18.2 Å². The largest absolute Gasteiger partial charge is 0.493 e. The van der Waals surface area contributed by atoms with E-state index in [1.165, 1.54) is 5.56 Å². The van der Waals surface area contributed by atoms with Crippen LogP contribution in [0.25, 0.3) is 0 Å². The molecule has 2 unspecified atom stereocenters. The first kappa shape index (κ1) is 11.5. The summed E-state index contributed by atoms with van der Waals surface area (Å²) in [5.41, 5.74) is 7.88. The zero-order valence-corrected chi connectivity index (χ0v) is 10.3. The predicted molar refractivity (Wildman–Crippen MR) is 68.6 cm³/mol. The maximum absolute atomic E-state index is 11.8. The van der Waals surface area contributed by atoms with E-state index in [0.29, 0.717) is 12.5 Å². The molecule has 0 radical (unpaired) electrons. The summed E-state index contributed by atoms with van der Waals surface area (Å²) in [5.74, 6) is 0.833. The summed E-state index contributed by atoms with van der Waals surface area (Å²) in [6, 6.07) is 5.95. The van der Waals surface area contributed by atoms with Crippen LogP contribution in [0.4, 0.5) is 0 Å². The maximum atomic E-state index is 11.8. The third-order valence-electron chi connectivity index (χ3n) is 3.99. The highest BCUT2D eigenvalue weighted by atomic mass is 16.5. The quantitative estimate of drug-likeness (QED) is 0.829. The third kappa shape index (κ3) is 1.86. The average molecular weight is 246 g/mol. The van der Waals surface area contributed by atoms with Gasteiger partial charge in [-0.3, -0.25) is 4.79 Å². The molecule has 1 amide bonds. The lowest BCUT2D eigenvalue weighted by Crippen LogP contribution is -2.30. The maximum Gasteiger partial charge on any atom is 0.225 e. The zero-order valence-electron chi connectivity index (χ0n) is 10.3. The Balaban J connectivity index is 2.00. The van der Waals surface area contributed by atoms with Gasteiger partial charge in [-0.15, -0.1) is 0 Å². The number of primary amides is 1. The van der Waals surface area contributed by atoms with Gasteiger partial charge in [0.25, 0.3) is 0 Å². The summed E-state index contributed by atoms with van der Waals surface area (Å²) in [6.07, 6.45) is 1.90. The molecule has 2 atom stereocenters. The summed E-state index contributed by atoms with van der Waals surface area (Å²) in [7, 11) is 0. The van der Waals surface area contributed by atoms with Gasteiger partial charge in [0.2, 0.25) is 5.91 Å². The van der Waals surface area contributed by atoms with Gasteiger partial charge >= 0.3 is 0 Å². The highest BCUT2D eigenvalue weighted by Crippen LogP contribution is 2.37. The van der Waals surface area contributed by atoms with Crippen molar-refractivity contribution in [1.82, 2.24) is 5.32 Å². The van der Waals surface area contributed by atoms with Gasteiger partial charge in [-0.1, -0.05) is 12.1 Å². The average Bonchev–Trinajstić information content (AvgIpc) is 2.98. The number of ether oxygens (including phenoxy) is 1. The van der Waals surface area contributed by atoms with Gasteiger partial charge in [-0.2, -0.15) is 0 Å². The molecule has 0 aliphatic carbocycles. The zero-order chi connectivity index (χ0) is 12.5. The molecule has 1 aromatic carbocycles. The van der Waals surface area contributed by atoms with Crippen molar-refractivity contribution in [3.8, 4) is 5.75 Å². The second-order valence-corrected chi connectivity index (χ2v) is 5.06. The van der Waals surface area contributed by atoms with Gasteiger partial charge in [0.1, 0.15) is 5.75 Å². The normalized spacial score (nSPS) is 23.4. The highest BCUT2D eigenvalue weighted by Gasteiger charge is 2.33. The molecule has 0 spiro atoms. The van der Waals surface area contributed by atoms with Crippen molar-refractivity contribution in [3.63, 3.8) is 0 Å². The monoisotopic (exact) mass is 246 g/mol. The molecule has 1 aromatic rings. The molecule has 3 rings (SSSR count). The van der Waals surface area contributed by atoms with Gasteiger partial charge in [0, 0.05) is 12.0 Å². The van der Waals surface area contributed by atoms with Crippen LogP contribution in [0.5, 0.6) is 5.75 Å². The first-order chi connectivity index (χ1) is 8.77. The number of fused-ring (bicyclic) bond motifs is 1. The van der Waals surface area contributed by atoms with E-state index in [0.717, 1.165) is 37.2 Å². The Morgan fingerprint density at radius 1 is 1.50 bits per heavy atom. The van der Waals surface area contributed by atoms with Crippen molar-refractivity contribution in [2.24, 2.45) is 11.7 Å². The van der Waals surface area contributed by atoms with E-state index in [4.69, 9.17) is 10.5 Å². The van der Waals surface area contributed by atoms with Crippen molar-refractivity contribution < 1.29 is 9.53 Å². The van der Waals surface area contributed by atoms with Crippen LogP contribution in [0.1, 0.15) is 23.5 Å². The van der Waals surface area contributed by atoms with Crippen LogP contribution >= 0.6 is 0 Å². The number of nitrogens with two attached hydrogens (primary N) is 1. The molecule has 1 saturated heterocycles. The lowest BCUT2D eigenvalue weighted by atomic mass is 9.82. The fourth-order valence-electron chi connectivity index (χ4n) is 3.14. The molecule has 2 heterocycles. The Kier molecular flexibility index (Phi) is 2.96. The second-order valence-electron chi connectivity index (χ2n) is 5.06. The minimum absolute atomic E-state index is 0.184. The standard InChI is InChI=1S/C14H18N2O2/c15-14(17)13(9-4-6-16-8-9)11-2-1-3-12-10(11)5-7-18-12/h1-3,9,13,16H,4-8H2,(H2,15,17). The van der Waals surface area contributed by atoms with Gasteiger partial charge < -0.3 is 15.8 Å². The number of hydrogen-bond acceptors (Lipinski definition) is 3. The lowest BCUT2D eigenvalue weighted by Gasteiger charge is -2.22. The van der Waals surface area contributed by atoms with Gasteiger partial charge in [-0.05, 0) is 37.1 Å². The minimum atomic E-state index is -0.219. The molecule has 1 fully saturated rings. The van der Waals surface area contributed by atoms with Crippen molar-refractivity contribution in [2.75, 3.05) is 19.7 Å². The number of nitrogens with one attached hydrogen (secondary N) is 1. The molecule has 2 aliphatic rings. The van der Waals surface area contributed by atoms with E-state index < -0.39 is 0 Å². The molecule has 0 saturated carbocycles. The number of hydrogen-bond donors (Lipinski definition) is 2. The Morgan fingerprint density at radius 3 is 3.11 bits per heavy atom.